The third-order valence-corrected chi connectivity index (χ3v) is 2.71. The Balaban J connectivity index is 1.78. The molecule has 2 rings (SSSR count). The van der Waals surface area contributed by atoms with Crippen molar-refractivity contribution < 1.29 is 18.7 Å². The highest BCUT2D eigenvalue weighted by atomic mass is 16.5. The molecule has 2 heterocycles. The lowest BCUT2D eigenvalue weighted by Crippen LogP contribution is -2.36. The van der Waals surface area contributed by atoms with Gasteiger partial charge in [-0.25, -0.2) is 4.98 Å². The van der Waals surface area contributed by atoms with E-state index in [4.69, 9.17) is 9.15 Å². The van der Waals surface area contributed by atoms with Crippen molar-refractivity contribution in [3.05, 3.63) is 48.0 Å². The summed E-state index contributed by atoms with van der Waals surface area (Å²) in [4.78, 5) is 27.3. The first-order valence-electron chi connectivity index (χ1n) is 6.25. The van der Waals surface area contributed by atoms with E-state index in [1.807, 2.05) is 0 Å². The highest BCUT2D eigenvalue weighted by Gasteiger charge is 2.10. The molecule has 2 aromatic heterocycles. The van der Waals surface area contributed by atoms with Crippen LogP contribution in [0.2, 0.25) is 0 Å². The summed E-state index contributed by atoms with van der Waals surface area (Å²) in [6.45, 7) is 0.157. The Labute approximate surface area is 121 Å². The van der Waals surface area contributed by atoms with Crippen LogP contribution in [0, 0.1) is 0 Å². The van der Waals surface area contributed by atoms with Gasteiger partial charge in [-0.2, -0.15) is 0 Å². The van der Waals surface area contributed by atoms with E-state index < -0.39 is 0 Å². The first-order chi connectivity index (χ1) is 10.2. The Morgan fingerprint density at radius 3 is 2.90 bits per heavy atom. The number of methoxy groups -OCH3 is 1. The summed E-state index contributed by atoms with van der Waals surface area (Å²) in [5.74, 6) is -0.212. The Hall–Kier alpha value is -2.83. The maximum absolute atomic E-state index is 11.7. The van der Waals surface area contributed by atoms with Gasteiger partial charge in [-0.05, 0) is 12.1 Å². The summed E-state index contributed by atoms with van der Waals surface area (Å²) in [5.41, 5.74) is 1.13. The number of nitrogens with one attached hydrogen (secondary N) is 2. The molecule has 0 bridgehead atoms. The van der Waals surface area contributed by atoms with Crippen molar-refractivity contribution in [3.63, 3.8) is 0 Å². The second kappa shape index (κ2) is 7.09. The number of aromatic nitrogens is 1. The molecule has 0 aromatic carbocycles. The predicted octanol–water partition coefficient (Wildman–Crippen LogP) is 0.729. The van der Waals surface area contributed by atoms with Gasteiger partial charge in [-0.3, -0.25) is 9.59 Å². The van der Waals surface area contributed by atoms with Gasteiger partial charge in [-0.1, -0.05) is 6.07 Å². The zero-order chi connectivity index (χ0) is 15.1. The van der Waals surface area contributed by atoms with Gasteiger partial charge in [-0.15, -0.1) is 0 Å². The lowest BCUT2D eigenvalue weighted by Gasteiger charge is -2.09. The van der Waals surface area contributed by atoms with Crippen LogP contribution in [-0.2, 0) is 11.3 Å². The zero-order valence-corrected chi connectivity index (χ0v) is 11.5. The van der Waals surface area contributed by atoms with Crippen molar-refractivity contribution in [1.29, 1.82) is 0 Å². The van der Waals surface area contributed by atoms with Crippen LogP contribution in [0.1, 0.15) is 15.9 Å². The van der Waals surface area contributed by atoms with Gasteiger partial charge < -0.3 is 19.8 Å². The number of nitrogens with zero attached hydrogens (tertiary/aromatic N) is 1. The minimum absolute atomic E-state index is 0.118. The Bertz CT molecular complexity index is 610. The van der Waals surface area contributed by atoms with Crippen molar-refractivity contribution in [2.75, 3.05) is 13.7 Å². The van der Waals surface area contributed by atoms with Crippen LogP contribution in [0.15, 0.2) is 41.3 Å². The maximum atomic E-state index is 11.7. The van der Waals surface area contributed by atoms with Crippen LogP contribution >= 0.6 is 0 Å². The molecule has 0 unspecified atom stereocenters. The number of rotatable bonds is 6. The predicted molar refractivity (Wildman–Crippen MR) is 73.7 cm³/mol. The fourth-order valence-corrected chi connectivity index (χ4v) is 1.66. The van der Waals surface area contributed by atoms with Crippen LogP contribution < -0.4 is 15.4 Å². The number of hydrogen-bond donors (Lipinski definition) is 2. The number of furan rings is 1. The summed E-state index contributed by atoms with van der Waals surface area (Å²) >= 11 is 0. The van der Waals surface area contributed by atoms with Crippen LogP contribution in [0.4, 0.5) is 0 Å². The minimum Gasteiger partial charge on any atom is -0.481 e. The summed E-state index contributed by atoms with van der Waals surface area (Å²) in [6.07, 6.45) is 4.31. The van der Waals surface area contributed by atoms with Crippen LogP contribution in [0.25, 0.3) is 0 Å². The molecule has 7 nitrogen and oxygen atoms in total. The SMILES string of the molecule is COc1ncccc1CNC(=O)CNC(=O)c1ccoc1. The van der Waals surface area contributed by atoms with E-state index in [1.165, 1.54) is 25.7 Å². The van der Waals surface area contributed by atoms with Gasteiger partial charge >= 0.3 is 0 Å². The van der Waals surface area contributed by atoms with Gasteiger partial charge in [0.25, 0.3) is 5.91 Å². The van der Waals surface area contributed by atoms with Crippen molar-refractivity contribution in [3.8, 4) is 5.88 Å². The van der Waals surface area contributed by atoms with E-state index in [0.717, 1.165) is 5.56 Å². The molecule has 2 aromatic rings. The van der Waals surface area contributed by atoms with Crippen LogP contribution in [0.5, 0.6) is 5.88 Å². The van der Waals surface area contributed by atoms with Crippen molar-refractivity contribution in [1.82, 2.24) is 15.6 Å². The normalized spacial score (nSPS) is 9.95. The molecule has 0 spiro atoms. The largest absolute Gasteiger partial charge is 0.481 e. The lowest BCUT2D eigenvalue weighted by atomic mass is 10.2. The van der Waals surface area contributed by atoms with Gasteiger partial charge in [0.15, 0.2) is 0 Å². The van der Waals surface area contributed by atoms with Crippen LogP contribution in [-0.4, -0.2) is 30.5 Å². The van der Waals surface area contributed by atoms with E-state index in [2.05, 4.69) is 15.6 Å². The maximum Gasteiger partial charge on any atom is 0.254 e. The first-order valence-corrected chi connectivity index (χ1v) is 6.25. The first kappa shape index (κ1) is 14.6. The lowest BCUT2D eigenvalue weighted by molar-refractivity contribution is -0.120. The molecule has 0 aliphatic rings. The van der Waals surface area contributed by atoms with Crippen molar-refractivity contribution in [2.24, 2.45) is 0 Å². The minimum atomic E-state index is -0.363. The molecule has 7 heteroatoms. The number of carbonyl (C=O) groups is 2. The molecule has 0 fully saturated rings. The third-order valence-electron chi connectivity index (χ3n) is 2.71. The van der Waals surface area contributed by atoms with Gasteiger partial charge in [0.1, 0.15) is 6.26 Å². The quantitative estimate of drug-likeness (QED) is 0.817. The molecule has 0 atom stereocenters. The monoisotopic (exact) mass is 289 g/mol. The Morgan fingerprint density at radius 1 is 1.33 bits per heavy atom. The summed E-state index contributed by atoms with van der Waals surface area (Å²) in [5, 5.41) is 5.17. The summed E-state index contributed by atoms with van der Waals surface area (Å²) in [6, 6.07) is 5.08. The van der Waals surface area contributed by atoms with E-state index in [-0.39, 0.29) is 24.9 Å². The highest BCUT2D eigenvalue weighted by molar-refractivity contribution is 5.96. The molecule has 0 radical (unpaired) electrons. The smallest absolute Gasteiger partial charge is 0.254 e. The average Bonchev–Trinajstić information content (AvgIpc) is 3.05. The molecule has 2 amide bonds. The highest BCUT2D eigenvalue weighted by Crippen LogP contribution is 2.12. The summed E-state index contributed by atoms with van der Waals surface area (Å²) in [7, 11) is 1.51. The number of ether oxygens (including phenoxy) is 1. The van der Waals surface area contributed by atoms with E-state index in [1.54, 1.807) is 18.3 Å². The van der Waals surface area contributed by atoms with E-state index in [0.29, 0.717) is 11.4 Å². The fraction of sp³-hybridized carbons (Fsp3) is 0.214. The van der Waals surface area contributed by atoms with Gasteiger partial charge in [0.05, 0.1) is 25.5 Å². The van der Waals surface area contributed by atoms with Crippen LogP contribution in [0.3, 0.4) is 0 Å². The standard InChI is InChI=1S/C14H15N3O4/c1-20-14-10(3-2-5-15-14)7-16-12(18)8-17-13(19)11-4-6-21-9-11/h2-6,9H,7-8H2,1H3,(H,16,18)(H,17,19). The molecule has 0 saturated heterocycles. The zero-order valence-electron chi connectivity index (χ0n) is 11.5. The van der Waals surface area contributed by atoms with Gasteiger partial charge in [0, 0.05) is 18.3 Å². The van der Waals surface area contributed by atoms with E-state index >= 15 is 0 Å². The summed E-state index contributed by atoms with van der Waals surface area (Å²) < 4.78 is 9.87. The third kappa shape index (κ3) is 4.07. The number of pyridine rings is 1. The molecule has 0 saturated carbocycles. The molecule has 21 heavy (non-hydrogen) atoms. The average molecular weight is 289 g/mol. The molecule has 0 aliphatic heterocycles. The number of hydrogen-bond acceptors (Lipinski definition) is 5. The second-order valence-electron chi connectivity index (χ2n) is 4.14. The molecule has 0 aliphatic carbocycles. The fourth-order valence-electron chi connectivity index (χ4n) is 1.66. The molecule has 110 valence electrons. The topological polar surface area (TPSA) is 93.5 Å². The van der Waals surface area contributed by atoms with Crippen molar-refractivity contribution >= 4 is 11.8 Å². The molecular formula is C14H15N3O4. The molecule has 2 N–H and O–H groups in total. The number of amides is 2. The van der Waals surface area contributed by atoms with Crippen molar-refractivity contribution in [2.45, 2.75) is 6.54 Å². The molecular weight excluding hydrogens is 274 g/mol. The Kier molecular flexibility index (Phi) is 4.92. The second-order valence-corrected chi connectivity index (χ2v) is 4.14. The van der Waals surface area contributed by atoms with E-state index in [9.17, 15) is 9.59 Å². The van der Waals surface area contributed by atoms with Gasteiger partial charge in [0.2, 0.25) is 11.8 Å². The number of carbonyl (C=O) groups excluding carboxylic acids is 2. The Morgan fingerprint density at radius 2 is 2.19 bits per heavy atom.